The largest absolute Gasteiger partial charge is 0.492 e. The molecule has 0 unspecified atom stereocenters. The Hall–Kier alpha value is -1.31. The molecular weight excluding hydrogens is 330 g/mol. The van der Waals surface area contributed by atoms with Gasteiger partial charge in [-0.25, -0.2) is 8.42 Å². The Morgan fingerprint density at radius 2 is 2.14 bits per heavy atom. The van der Waals surface area contributed by atoms with Crippen LogP contribution in [0.3, 0.4) is 0 Å². The highest BCUT2D eigenvalue weighted by Crippen LogP contribution is 2.32. The highest BCUT2D eigenvalue weighted by Gasteiger charge is 2.27. The van der Waals surface area contributed by atoms with Gasteiger partial charge < -0.3 is 9.84 Å². The molecule has 0 heterocycles. The zero-order valence-electron chi connectivity index (χ0n) is 12.2. The fraction of sp³-hybridized carbons (Fsp3) is 0.500. The van der Waals surface area contributed by atoms with E-state index >= 15 is 0 Å². The number of ether oxygens (including phenoxy) is 1. The van der Waals surface area contributed by atoms with Crippen molar-refractivity contribution in [3.05, 3.63) is 23.2 Å². The molecule has 0 saturated heterocycles. The molecule has 0 radical (unpaired) electrons. The van der Waals surface area contributed by atoms with Crippen molar-refractivity contribution in [1.29, 1.82) is 0 Å². The van der Waals surface area contributed by atoms with Crippen LogP contribution in [0.5, 0.6) is 5.75 Å². The van der Waals surface area contributed by atoms with Crippen LogP contribution < -0.4 is 4.74 Å². The molecule has 0 atom stereocenters. The van der Waals surface area contributed by atoms with E-state index in [1.54, 1.807) is 6.07 Å². The second-order valence-corrected chi connectivity index (χ2v) is 7.80. The van der Waals surface area contributed by atoms with E-state index in [4.69, 9.17) is 21.4 Å². The van der Waals surface area contributed by atoms with Crippen LogP contribution in [0.2, 0.25) is 5.02 Å². The zero-order chi connectivity index (χ0) is 16.3. The zero-order valence-corrected chi connectivity index (χ0v) is 13.7. The maximum absolute atomic E-state index is 12.5. The first-order valence-electron chi connectivity index (χ1n) is 6.91. The van der Waals surface area contributed by atoms with E-state index < -0.39 is 22.5 Å². The molecule has 0 bridgehead atoms. The second kappa shape index (κ2) is 6.85. The molecule has 0 spiro atoms. The van der Waals surface area contributed by atoms with Crippen LogP contribution in [0.4, 0.5) is 0 Å². The predicted octanol–water partition coefficient (Wildman–Crippen LogP) is 2.22. The number of carbonyl (C=O) groups is 1. The van der Waals surface area contributed by atoms with Crippen molar-refractivity contribution >= 4 is 27.6 Å². The second-order valence-electron chi connectivity index (χ2n) is 5.35. The van der Waals surface area contributed by atoms with Crippen LogP contribution in [0, 0.1) is 5.92 Å². The third kappa shape index (κ3) is 3.91. The average molecular weight is 348 g/mol. The van der Waals surface area contributed by atoms with Crippen molar-refractivity contribution in [2.75, 3.05) is 20.2 Å². The molecule has 1 aliphatic carbocycles. The topological polar surface area (TPSA) is 83.9 Å². The molecule has 1 aromatic carbocycles. The molecule has 1 fully saturated rings. The van der Waals surface area contributed by atoms with Gasteiger partial charge in [-0.15, -0.1) is 0 Å². The van der Waals surface area contributed by atoms with Crippen LogP contribution in [0.15, 0.2) is 23.1 Å². The summed E-state index contributed by atoms with van der Waals surface area (Å²) >= 11 is 5.88. The van der Waals surface area contributed by atoms with Crippen LogP contribution in [-0.4, -0.2) is 44.0 Å². The number of halogens is 1. The lowest BCUT2D eigenvalue weighted by atomic mass is 9.86. The number of carboxylic acids is 1. The van der Waals surface area contributed by atoms with Crippen LogP contribution in [-0.2, 0) is 14.8 Å². The Morgan fingerprint density at radius 1 is 1.45 bits per heavy atom. The number of nitrogens with zero attached hydrogens (tertiary/aromatic N) is 1. The quantitative estimate of drug-likeness (QED) is 0.817. The Balaban J connectivity index is 2.26. The molecule has 0 amide bonds. The first-order valence-corrected chi connectivity index (χ1v) is 8.73. The number of carboxylic acid groups (broad SMARTS) is 1. The van der Waals surface area contributed by atoms with Crippen molar-refractivity contribution in [3.8, 4) is 5.75 Å². The Morgan fingerprint density at radius 3 is 2.68 bits per heavy atom. The highest BCUT2D eigenvalue weighted by atomic mass is 35.5. The number of sulfonamides is 1. The Bertz CT molecular complexity index is 657. The summed E-state index contributed by atoms with van der Waals surface area (Å²) in [5, 5.41) is 9.02. The van der Waals surface area contributed by atoms with E-state index in [9.17, 15) is 13.2 Å². The monoisotopic (exact) mass is 347 g/mol. The van der Waals surface area contributed by atoms with Gasteiger partial charge in [-0.05, 0) is 37.0 Å². The number of hydrogen-bond acceptors (Lipinski definition) is 4. The lowest BCUT2D eigenvalue weighted by molar-refractivity contribution is -0.137. The molecule has 22 heavy (non-hydrogen) atoms. The third-order valence-electron chi connectivity index (χ3n) is 3.65. The molecular formula is C14H18ClNO5S. The van der Waals surface area contributed by atoms with Crippen molar-refractivity contribution in [3.63, 3.8) is 0 Å². The van der Waals surface area contributed by atoms with Crippen molar-refractivity contribution < 1.29 is 23.1 Å². The van der Waals surface area contributed by atoms with Crippen molar-refractivity contribution in [1.82, 2.24) is 4.31 Å². The molecule has 1 aromatic rings. The normalized spacial score (nSPS) is 15.6. The molecule has 122 valence electrons. The summed E-state index contributed by atoms with van der Waals surface area (Å²) in [6, 6.07) is 4.34. The first-order chi connectivity index (χ1) is 10.3. The van der Waals surface area contributed by atoms with Gasteiger partial charge in [0, 0.05) is 12.1 Å². The maximum Gasteiger partial charge on any atom is 0.318 e. The summed E-state index contributed by atoms with van der Waals surface area (Å²) in [5.74, 6) is -0.582. The minimum Gasteiger partial charge on any atom is -0.492 e. The molecule has 0 aliphatic heterocycles. The van der Waals surface area contributed by atoms with E-state index in [0.717, 1.165) is 17.1 Å². The summed E-state index contributed by atoms with van der Waals surface area (Å²) in [6.45, 7) is -0.177. The minimum atomic E-state index is -3.98. The lowest BCUT2D eigenvalue weighted by Gasteiger charge is -2.26. The predicted molar refractivity (Wildman–Crippen MR) is 81.7 cm³/mol. The summed E-state index contributed by atoms with van der Waals surface area (Å²) in [5.41, 5.74) is 0. The van der Waals surface area contributed by atoms with Gasteiger partial charge >= 0.3 is 5.97 Å². The van der Waals surface area contributed by atoms with Gasteiger partial charge in [0.2, 0.25) is 10.0 Å². The van der Waals surface area contributed by atoms with Crippen LogP contribution >= 0.6 is 11.6 Å². The van der Waals surface area contributed by atoms with Crippen molar-refractivity contribution in [2.45, 2.75) is 24.2 Å². The Kier molecular flexibility index (Phi) is 5.31. The highest BCUT2D eigenvalue weighted by molar-refractivity contribution is 7.89. The summed E-state index contributed by atoms with van der Waals surface area (Å²) in [4.78, 5) is 10.6. The summed E-state index contributed by atoms with van der Waals surface area (Å²) < 4.78 is 31.4. The van der Waals surface area contributed by atoms with Crippen LogP contribution in [0.25, 0.3) is 0 Å². The van der Waals surface area contributed by atoms with Crippen molar-refractivity contribution in [2.24, 2.45) is 5.92 Å². The lowest BCUT2D eigenvalue weighted by Crippen LogP contribution is -2.32. The fourth-order valence-electron chi connectivity index (χ4n) is 2.11. The smallest absolute Gasteiger partial charge is 0.318 e. The maximum atomic E-state index is 12.5. The van der Waals surface area contributed by atoms with E-state index in [1.807, 2.05) is 0 Å². The van der Waals surface area contributed by atoms with Gasteiger partial charge in [0.25, 0.3) is 0 Å². The Labute approximate surface area is 134 Å². The SMILES string of the molecule is CN(CC(=O)O)S(=O)(=O)c1cc(Cl)ccc1OCC1CCC1. The number of aliphatic carboxylic acids is 1. The number of rotatable bonds is 7. The van der Waals surface area contributed by atoms with Crippen LogP contribution in [0.1, 0.15) is 19.3 Å². The first kappa shape index (κ1) is 17.1. The molecule has 1 saturated carbocycles. The van der Waals surface area contributed by atoms with E-state index in [0.29, 0.717) is 12.5 Å². The number of hydrogen-bond donors (Lipinski definition) is 1. The average Bonchev–Trinajstić information content (AvgIpc) is 2.37. The van der Waals surface area contributed by atoms with Gasteiger partial charge in [0.05, 0.1) is 6.61 Å². The summed E-state index contributed by atoms with van der Waals surface area (Å²) in [6.07, 6.45) is 3.32. The third-order valence-corrected chi connectivity index (χ3v) is 5.71. The van der Waals surface area contributed by atoms with Gasteiger partial charge in [-0.1, -0.05) is 18.0 Å². The summed E-state index contributed by atoms with van der Waals surface area (Å²) in [7, 11) is -2.77. The molecule has 1 N–H and O–H groups in total. The molecule has 0 aromatic heterocycles. The number of likely N-dealkylation sites (N-methyl/N-ethyl adjacent to an activating group) is 1. The van der Waals surface area contributed by atoms with Gasteiger partial charge in [0.15, 0.2) is 0 Å². The molecule has 8 heteroatoms. The number of benzene rings is 1. The standard InChI is InChI=1S/C14H18ClNO5S/c1-16(8-14(17)18)22(19,20)13-7-11(15)5-6-12(13)21-9-10-3-2-4-10/h5-7,10H,2-4,8-9H2,1H3,(H,17,18). The van der Waals surface area contributed by atoms with Gasteiger partial charge in [0.1, 0.15) is 17.2 Å². The molecule has 2 rings (SSSR count). The van der Waals surface area contributed by atoms with Gasteiger partial charge in [-0.3, -0.25) is 4.79 Å². The molecule has 6 nitrogen and oxygen atoms in total. The van der Waals surface area contributed by atoms with E-state index in [-0.39, 0.29) is 15.7 Å². The molecule has 1 aliphatic rings. The van der Waals surface area contributed by atoms with E-state index in [2.05, 4.69) is 0 Å². The fourth-order valence-corrected chi connectivity index (χ4v) is 3.62. The van der Waals surface area contributed by atoms with E-state index in [1.165, 1.54) is 25.6 Å². The minimum absolute atomic E-state index is 0.108. The van der Waals surface area contributed by atoms with Gasteiger partial charge in [-0.2, -0.15) is 4.31 Å².